The van der Waals surface area contributed by atoms with Gasteiger partial charge in [0.05, 0.1) is 10.6 Å². The van der Waals surface area contributed by atoms with Crippen LogP contribution in [0.2, 0.25) is 0 Å². The molecule has 1 aromatic carbocycles. The third kappa shape index (κ3) is 5.00. The Hall–Kier alpha value is -2.63. The van der Waals surface area contributed by atoms with Crippen LogP contribution in [0.1, 0.15) is 41.5 Å². The maximum Gasteiger partial charge on any atom is 0.343 e. The van der Waals surface area contributed by atoms with Gasteiger partial charge in [-0.1, -0.05) is 25.1 Å². The van der Waals surface area contributed by atoms with Gasteiger partial charge < -0.3 is 4.57 Å². The summed E-state index contributed by atoms with van der Waals surface area (Å²) < 4.78 is 26.4. The molecule has 0 aliphatic heterocycles. The zero-order chi connectivity index (χ0) is 22.8. The minimum Gasteiger partial charge on any atom is -0.318 e. The van der Waals surface area contributed by atoms with Crippen LogP contribution in [0, 0.1) is 13.8 Å². The largest absolute Gasteiger partial charge is 0.343 e. The number of hydrogen-bond acceptors (Lipinski definition) is 6. The normalized spacial score (nSPS) is 11.7. The molecule has 0 saturated heterocycles. The van der Waals surface area contributed by atoms with E-state index in [4.69, 9.17) is 5.14 Å². The van der Waals surface area contributed by atoms with E-state index in [1.165, 1.54) is 23.9 Å². The van der Waals surface area contributed by atoms with Gasteiger partial charge in [0.15, 0.2) is 10.9 Å². The van der Waals surface area contributed by atoms with E-state index in [1.54, 1.807) is 22.8 Å². The minimum absolute atomic E-state index is 0.0273. The number of carbonyl (C=O) groups is 1. The number of aryl methyl sites for hydroxylation is 1. The van der Waals surface area contributed by atoms with Crippen LogP contribution in [0.15, 0.2) is 45.2 Å². The van der Waals surface area contributed by atoms with E-state index >= 15 is 0 Å². The second kappa shape index (κ2) is 9.25. The molecule has 0 aliphatic carbocycles. The Labute approximate surface area is 184 Å². The minimum atomic E-state index is -3.77. The summed E-state index contributed by atoms with van der Waals surface area (Å²) in [6, 6.07) is 7.99. The number of nitrogens with one attached hydrogen (secondary N) is 1. The Morgan fingerprint density at radius 1 is 1.23 bits per heavy atom. The number of hydrogen-bond donors (Lipinski definition) is 2. The topological polar surface area (TPSA) is 133 Å². The van der Waals surface area contributed by atoms with Gasteiger partial charge in [-0.3, -0.25) is 9.36 Å². The van der Waals surface area contributed by atoms with Gasteiger partial charge in [0, 0.05) is 29.2 Å². The first kappa shape index (κ1) is 23.0. The molecule has 0 atom stereocenters. The summed E-state index contributed by atoms with van der Waals surface area (Å²) in [6.45, 7) is 6.32. The fraction of sp³-hybridized carbons (Fsp3) is 0.350. The molecule has 0 fully saturated rings. The number of primary sulfonamides is 1. The highest BCUT2D eigenvalue weighted by atomic mass is 32.2. The van der Waals surface area contributed by atoms with Gasteiger partial charge in [0.2, 0.25) is 10.0 Å². The molecule has 3 aromatic rings. The maximum atomic E-state index is 12.9. The summed E-state index contributed by atoms with van der Waals surface area (Å²) in [5.74, 6) is 0.0634. The Bertz CT molecular complexity index is 1250. The van der Waals surface area contributed by atoms with Crippen LogP contribution in [0.5, 0.6) is 0 Å². The number of benzene rings is 1. The number of ketones is 1. The van der Waals surface area contributed by atoms with Crippen molar-refractivity contribution in [3.63, 3.8) is 0 Å². The van der Waals surface area contributed by atoms with E-state index in [0.717, 1.165) is 29.9 Å². The molecule has 3 N–H and O–H groups in total. The van der Waals surface area contributed by atoms with E-state index in [2.05, 4.69) is 10.2 Å². The fourth-order valence-electron chi connectivity index (χ4n) is 3.36. The van der Waals surface area contributed by atoms with Crippen molar-refractivity contribution >= 4 is 27.6 Å². The van der Waals surface area contributed by atoms with Crippen LogP contribution >= 0.6 is 11.8 Å². The van der Waals surface area contributed by atoms with E-state index in [-0.39, 0.29) is 22.1 Å². The molecule has 166 valence electrons. The SMILES string of the molecule is CCCCn1c(SCC(=O)c2cc(C)n(-c3ccc(S(N)(=O)=O)cc3)c2C)n[nH]c1=O. The molecular formula is C20H25N5O4S2. The van der Waals surface area contributed by atoms with Crippen LogP contribution in [0.4, 0.5) is 0 Å². The predicted molar refractivity (Wildman–Crippen MR) is 119 cm³/mol. The average Bonchev–Trinajstić information content (AvgIpc) is 3.22. The van der Waals surface area contributed by atoms with Gasteiger partial charge in [-0.05, 0) is 50.6 Å². The summed E-state index contributed by atoms with van der Waals surface area (Å²) >= 11 is 1.23. The van der Waals surface area contributed by atoms with Gasteiger partial charge in [0.25, 0.3) is 0 Å². The third-order valence-electron chi connectivity index (χ3n) is 4.95. The number of nitrogens with zero attached hydrogens (tertiary/aromatic N) is 3. The number of carbonyl (C=O) groups excluding carboxylic acids is 1. The van der Waals surface area contributed by atoms with Gasteiger partial charge in [0.1, 0.15) is 0 Å². The monoisotopic (exact) mass is 463 g/mol. The Morgan fingerprint density at radius 2 is 1.90 bits per heavy atom. The summed E-state index contributed by atoms with van der Waals surface area (Å²) in [6.07, 6.45) is 1.80. The molecular weight excluding hydrogens is 438 g/mol. The molecule has 2 heterocycles. The summed E-state index contributed by atoms with van der Waals surface area (Å²) in [5, 5.41) is 12.1. The maximum absolute atomic E-state index is 12.9. The number of aromatic nitrogens is 4. The number of aromatic amines is 1. The van der Waals surface area contributed by atoms with Crippen molar-refractivity contribution in [3.05, 3.63) is 57.8 Å². The Kier molecular flexibility index (Phi) is 6.87. The molecule has 0 radical (unpaired) electrons. The first-order valence-electron chi connectivity index (χ1n) is 9.77. The number of H-pyrrole nitrogens is 1. The highest BCUT2D eigenvalue weighted by molar-refractivity contribution is 7.99. The highest BCUT2D eigenvalue weighted by Crippen LogP contribution is 2.24. The lowest BCUT2D eigenvalue weighted by Gasteiger charge is -2.10. The first-order valence-corrected chi connectivity index (χ1v) is 12.3. The standard InChI is InChI=1S/C20H25N5O4S2/c1-4-5-10-24-19(27)22-23-20(24)30-12-18(26)17-11-13(2)25(14(17)3)15-6-8-16(9-7-15)31(21,28)29/h6-9,11H,4-5,10,12H2,1-3H3,(H,22,27)(H2,21,28,29). The average molecular weight is 464 g/mol. The zero-order valence-electron chi connectivity index (χ0n) is 17.6. The number of rotatable bonds is 9. The van der Waals surface area contributed by atoms with E-state index in [9.17, 15) is 18.0 Å². The van der Waals surface area contributed by atoms with Crippen molar-refractivity contribution in [1.82, 2.24) is 19.3 Å². The summed E-state index contributed by atoms with van der Waals surface area (Å²) in [7, 11) is -3.77. The fourth-order valence-corrected chi connectivity index (χ4v) is 4.73. The Morgan fingerprint density at radius 3 is 2.52 bits per heavy atom. The molecule has 0 spiro atoms. The van der Waals surface area contributed by atoms with E-state index in [1.807, 2.05) is 25.3 Å². The number of Topliss-reactive ketones (excluding diaryl/α,β-unsaturated/α-hetero) is 1. The lowest BCUT2D eigenvalue weighted by atomic mass is 10.2. The molecule has 0 aliphatic rings. The predicted octanol–water partition coefficient (Wildman–Crippen LogP) is 2.40. The molecule has 11 heteroatoms. The van der Waals surface area contributed by atoms with Crippen LogP contribution in [0.25, 0.3) is 5.69 Å². The van der Waals surface area contributed by atoms with Crippen molar-refractivity contribution in [1.29, 1.82) is 0 Å². The summed E-state index contributed by atoms with van der Waals surface area (Å²) in [5.41, 5.74) is 2.61. The van der Waals surface area contributed by atoms with Crippen LogP contribution in [0.3, 0.4) is 0 Å². The molecule has 2 aromatic heterocycles. The van der Waals surface area contributed by atoms with Gasteiger partial charge in [-0.25, -0.2) is 23.4 Å². The first-order chi connectivity index (χ1) is 14.6. The van der Waals surface area contributed by atoms with Gasteiger partial charge in [-0.15, -0.1) is 5.10 Å². The molecule has 0 saturated carbocycles. The van der Waals surface area contributed by atoms with Crippen LogP contribution < -0.4 is 10.8 Å². The quantitative estimate of drug-likeness (QED) is 0.370. The number of unbranched alkanes of at least 4 members (excludes halogenated alkanes) is 1. The molecule has 3 rings (SSSR count). The molecule has 0 amide bonds. The third-order valence-corrected chi connectivity index (χ3v) is 6.85. The van der Waals surface area contributed by atoms with E-state index in [0.29, 0.717) is 17.3 Å². The second-order valence-corrected chi connectivity index (χ2v) is 9.69. The lowest BCUT2D eigenvalue weighted by Crippen LogP contribution is -2.18. The molecule has 31 heavy (non-hydrogen) atoms. The molecule has 0 unspecified atom stereocenters. The molecule has 9 nitrogen and oxygen atoms in total. The van der Waals surface area contributed by atoms with Gasteiger partial charge >= 0.3 is 5.69 Å². The van der Waals surface area contributed by atoms with E-state index < -0.39 is 10.0 Å². The van der Waals surface area contributed by atoms with Crippen LogP contribution in [-0.2, 0) is 16.6 Å². The van der Waals surface area contributed by atoms with Crippen molar-refractivity contribution in [2.75, 3.05) is 5.75 Å². The summed E-state index contributed by atoms with van der Waals surface area (Å²) in [4.78, 5) is 24.8. The Balaban J connectivity index is 1.80. The lowest BCUT2D eigenvalue weighted by molar-refractivity contribution is 0.102. The molecule has 0 bridgehead atoms. The second-order valence-electron chi connectivity index (χ2n) is 7.19. The van der Waals surface area contributed by atoms with Crippen molar-refractivity contribution in [2.45, 2.75) is 50.2 Å². The van der Waals surface area contributed by atoms with Crippen molar-refractivity contribution in [3.8, 4) is 5.69 Å². The number of sulfonamides is 1. The van der Waals surface area contributed by atoms with Crippen molar-refractivity contribution in [2.24, 2.45) is 5.14 Å². The highest BCUT2D eigenvalue weighted by Gasteiger charge is 2.19. The van der Waals surface area contributed by atoms with Crippen molar-refractivity contribution < 1.29 is 13.2 Å². The smallest absolute Gasteiger partial charge is 0.318 e. The zero-order valence-corrected chi connectivity index (χ0v) is 19.2. The number of nitrogens with two attached hydrogens (primary N) is 1. The van der Waals surface area contributed by atoms with Gasteiger partial charge in [-0.2, -0.15) is 0 Å². The number of thioether (sulfide) groups is 1. The van der Waals surface area contributed by atoms with Crippen LogP contribution in [-0.4, -0.2) is 39.3 Å².